The molecule has 1 heterocycles. The molecule has 2 saturated carbocycles. The van der Waals surface area contributed by atoms with E-state index in [1.165, 1.54) is 4.90 Å². The summed E-state index contributed by atoms with van der Waals surface area (Å²) in [5.74, 6) is -4.77. The fraction of sp³-hybridized carbons (Fsp3) is 0.923. The topological polar surface area (TPSA) is 40.5 Å². The zero-order valence-electron chi connectivity index (χ0n) is 10.4. The van der Waals surface area contributed by atoms with Gasteiger partial charge in [-0.2, -0.15) is 8.78 Å². The molecule has 0 radical (unpaired) electrons. The van der Waals surface area contributed by atoms with Crippen LogP contribution in [0, 0.1) is 5.41 Å². The van der Waals surface area contributed by atoms with Gasteiger partial charge in [0.15, 0.2) is 0 Å². The Morgan fingerprint density at radius 1 is 1.11 bits per heavy atom. The fourth-order valence-electron chi connectivity index (χ4n) is 3.42. The molecule has 1 spiro atoms. The van der Waals surface area contributed by atoms with Gasteiger partial charge in [-0.15, -0.1) is 0 Å². The maximum Gasteiger partial charge on any atom is 0.352 e. The maximum absolute atomic E-state index is 14.0. The molecular weight excluding hydrogens is 240 g/mol. The number of hydrogen-bond donors (Lipinski definition) is 1. The molecule has 1 aliphatic heterocycles. The molecule has 3 aliphatic rings. The lowest BCUT2D eigenvalue weighted by Crippen LogP contribution is -2.61. The van der Waals surface area contributed by atoms with Gasteiger partial charge in [-0.25, -0.2) is 0 Å². The van der Waals surface area contributed by atoms with Crippen LogP contribution in [0.5, 0.6) is 0 Å². The quantitative estimate of drug-likeness (QED) is 0.823. The molecular formula is C13H19F2NO2. The third-order valence-corrected chi connectivity index (χ3v) is 5.17. The second-order valence-corrected chi connectivity index (χ2v) is 6.29. The van der Waals surface area contributed by atoms with Crippen molar-refractivity contribution in [2.75, 3.05) is 13.1 Å². The molecule has 0 atom stereocenters. The Balaban J connectivity index is 1.71. The van der Waals surface area contributed by atoms with Crippen LogP contribution < -0.4 is 0 Å². The van der Waals surface area contributed by atoms with Crippen LogP contribution in [0.2, 0.25) is 0 Å². The molecule has 0 aromatic heterocycles. The molecule has 1 saturated heterocycles. The number of halogens is 2. The van der Waals surface area contributed by atoms with Crippen LogP contribution in [0.3, 0.4) is 0 Å². The van der Waals surface area contributed by atoms with E-state index < -0.39 is 17.4 Å². The van der Waals surface area contributed by atoms with E-state index in [9.17, 15) is 18.7 Å². The second kappa shape index (κ2) is 3.65. The van der Waals surface area contributed by atoms with E-state index in [1.807, 2.05) is 0 Å². The molecule has 1 amide bonds. The number of likely N-dealkylation sites (tertiary alicyclic amines) is 1. The van der Waals surface area contributed by atoms with Crippen LogP contribution in [0.25, 0.3) is 0 Å². The monoisotopic (exact) mass is 259 g/mol. The first-order valence-corrected chi connectivity index (χ1v) is 6.78. The van der Waals surface area contributed by atoms with Gasteiger partial charge in [0.2, 0.25) is 0 Å². The molecule has 102 valence electrons. The average molecular weight is 259 g/mol. The Kier molecular flexibility index (Phi) is 2.50. The summed E-state index contributed by atoms with van der Waals surface area (Å²) in [6.45, 7) is 0.877. The minimum absolute atomic E-state index is 0.0325. The molecule has 3 nitrogen and oxygen atoms in total. The summed E-state index contributed by atoms with van der Waals surface area (Å²) in [5, 5.41) is 9.77. The highest BCUT2D eigenvalue weighted by molar-refractivity contribution is 5.85. The number of rotatable bonds is 2. The first kappa shape index (κ1) is 12.3. The van der Waals surface area contributed by atoms with Crippen LogP contribution in [0.1, 0.15) is 44.9 Å². The molecule has 5 heteroatoms. The van der Waals surface area contributed by atoms with Crippen LogP contribution in [0.4, 0.5) is 8.78 Å². The molecule has 0 aromatic rings. The third kappa shape index (κ3) is 1.52. The van der Waals surface area contributed by atoms with Gasteiger partial charge in [0.05, 0.1) is 0 Å². The predicted molar refractivity (Wildman–Crippen MR) is 61.2 cm³/mol. The zero-order chi connectivity index (χ0) is 13.0. The smallest absolute Gasteiger partial charge is 0.352 e. The molecule has 3 rings (SSSR count). The minimum atomic E-state index is -3.61. The van der Waals surface area contributed by atoms with Gasteiger partial charge < -0.3 is 10.0 Å². The lowest BCUT2D eigenvalue weighted by molar-refractivity contribution is -0.223. The number of carbonyl (C=O) groups is 1. The van der Waals surface area contributed by atoms with Crippen molar-refractivity contribution in [2.24, 2.45) is 5.41 Å². The highest BCUT2D eigenvalue weighted by atomic mass is 19.3. The Bertz CT molecular complexity index is 375. The van der Waals surface area contributed by atoms with Crippen molar-refractivity contribution >= 4 is 5.91 Å². The third-order valence-electron chi connectivity index (χ3n) is 5.17. The normalized spacial score (nSPS) is 28.9. The molecule has 18 heavy (non-hydrogen) atoms. The van der Waals surface area contributed by atoms with Crippen molar-refractivity contribution in [3.63, 3.8) is 0 Å². The first-order valence-electron chi connectivity index (χ1n) is 6.78. The highest BCUT2D eigenvalue weighted by Crippen LogP contribution is 2.50. The summed E-state index contributed by atoms with van der Waals surface area (Å²) in [6, 6.07) is 0. The van der Waals surface area contributed by atoms with Crippen molar-refractivity contribution < 1.29 is 18.7 Å². The number of amides is 1. The van der Waals surface area contributed by atoms with E-state index in [2.05, 4.69) is 0 Å². The van der Waals surface area contributed by atoms with Crippen molar-refractivity contribution in [1.29, 1.82) is 0 Å². The van der Waals surface area contributed by atoms with E-state index in [0.29, 0.717) is 19.5 Å². The number of hydrogen-bond acceptors (Lipinski definition) is 2. The summed E-state index contributed by atoms with van der Waals surface area (Å²) in [6.07, 6.45) is 4.72. The van der Waals surface area contributed by atoms with Gasteiger partial charge in [-0.3, -0.25) is 4.79 Å². The summed E-state index contributed by atoms with van der Waals surface area (Å²) in [5.41, 5.74) is -1.96. The number of alkyl halides is 2. The van der Waals surface area contributed by atoms with Gasteiger partial charge in [-0.05, 0) is 43.9 Å². The molecule has 1 N–H and O–H groups in total. The van der Waals surface area contributed by atoms with Gasteiger partial charge in [0.25, 0.3) is 5.91 Å². The van der Waals surface area contributed by atoms with Gasteiger partial charge in [-0.1, -0.05) is 6.42 Å². The molecule has 3 fully saturated rings. The predicted octanol–water partition coefficient (Wildman–Crippen LogP) is 1.94. The Morgan fingerprint density at radius 3 is 2.11 bits per heavy atom. The SMILES string of the molecule is O=C(N1CCC2(CCC2)C1)C(F)(F)C1(O)CCC1. The van der Waals surface area contributed by atoms with Crippen LogP contribution in [-0.2, 0) is 4.79 Å². The summed E-state index contributed by atoms with van der Waals surface area (Å²) >= 11 is 0. The lowest BCUT2D eigenvalue weighted by atomic mass is 9.68. The number of aliphatic hydroxyl groups is 1. The fourth-order valence-corrected chi connectivity index (χ4v) is 3.42. The largest absolute Gasteiger partial charge is 0.383 e. The van der Waals surface area contributed by atoms with E-state index in [-0.39, 0.29) is 18.3 Å². The summed E-state index contributed by atoms with van der Waals surface area (Å²) in [7, 11) is 0. The summed E-state index contributed by atoms with van der Waals surface area (Å²) < 4.78 is 28.1. The second-order valence-electron chi connectivity index (χ2n) is 6.29. The zero-order valence-corrected chi connectivity index (χ0v) is 10.4. The van der Waals surface area contributed by atoms with Crippen molar-refractivity contribution in [1.82, 2.24) is 4.90 Å². The van der Waals surface area contributed by atoms with Crippen LogP contribution in [0.15, 0.2) is 0 Å². The van der Waals surface area contributed by atoms with E-state index in [4.69, 9.17) is 0 Å². The maximum atomic E-state index is 14.0. The van der Waals surface area contributed by atoms with E-state index in [1.54, 1.807) is 0 Å². The highest BCUT2D eigenvalue weighted by Gasteiger charge is 2.63. The molecule has 0 unspecified atom stereocenters. The van der Waals surface area contributed by atoms with Crippen molar-refractivity contribution in [3.8, 4) is 0 Å². The molecule has 2 aliphatic carbocycles. The summed E-state index contributed by atoms with van der Waals surface area (Å²) in [4.78, 5) is 13.2. The van der Waals surface area contributed by atoms with Crippen LogP contribution >= 0.6 is 0 Å². The minimum Gasteiger partial charge on any atom is -0.383 e. The van der Waals surface area contributed by atoms with Gasteiger partial charge in [0.1, 0.15) is 5.60 Å². The average Bonchev–Trinajstić information content (AvgIpc) is 2.69. The Morgan fingerprint density at radius 2 is 1.72 bits per heavy atom. The number of carbonyl (C=O) groups excluding carboxylic acids is 1. The standard InChI is InChI=1S/C13H19F2NO2/c14-13(15,12(18)5-2-6-12)10(17)16-8-7-11(9-16)3-1-4-11/h18H,1-9H2. The first-order chi connectivity index (χ1) is 8.39. The Labute approximate surface area is 105 Å². The van der Waals surface area contributed by atoms with Gasteiger partial charge in [0, 0.05) is 13.1 Å². The van der Waals surface area contributed by atoms with E-state index >= 15 is 0 Å². The van der Waals surface area contributed by atoms with Crippen molar-refractivity contribution in [3.05, 3.63) is 0 Å². The molecule has 0 aromatic carbocycles. The van der Waals surface area contributed by atoms with E-state index in [0.717, 1.165) is 25.7 Å². The van der Waals surface area contributed by atoms with Crippen molar-refractivity contribution in [2.45, 2.75) is 56.5 Å². The van der Waals surface area contributed by atoms with Crippen LogP contribution in [-0.4, -0.2) is 40.5 Å². The Hall–Kier alpha value is -0.710. The van der Waals surface area contributed by atoms with Gasteiger partial charge >= 0.3 is 5.92 Å². The molecule has 0 bridgehead atoms. The number of nitrogens with zero attached hydrogens (tertiary/aromatic N) is 1. The lowest BCUT2D eigenvalue weighted by Gasteiger charge is -2.43.